The minimum Gasteiger partial charge on any atom is -0.375 e. The molecule has 134 valence electrons. The molecule has 2 aromatic rings. The number of rotatable bonds is 5. The maximum absolute atomic E-state index is 11.7. The number of anilines is 1. The van der Waals surface area contributed by atoms with Crippen LogP contribution in [0.5, 0.6) is 0 Å². The summed E-state index contributed by atoms with van der Waals surface area (Å²) in [7, 11) is -3.50. The molecule has 0 amide bonds. The molecule has 9 heteroatoms. The van der Waals surface area contributed by atoms with Gasteiger partial charge in [0.1, 0.15) is 5.69 Å². The van der Waals surface area contributed by atoms with Crippen molar-refractivity contribution >= 4 is 21.2 Å². The summed E-state index contributed by atoms with van der Waals surface area (Å²) < 4.78 is 25.2. The molecule has 25 heavy (non-hydrogen) atoms. The molecule has 8 nitrogen and oxygen atoms in total. The topological polar surface area (TPSA) is 107 Å². The average molecular weight is 364 g/mol. The second-order valence-corrected chi connectivity index (χ2v) is 8.31. The van der Waals surface area contributed by atoms with Crippen molar-refractivity contribution in [1.82, 2.24) is 9.78 Å². The zero-order valence-corrected chi connectivity index (χ0v) is 14.6. The lowest BCUT2D eigenvalue weighted by Crippen LogP contribution is -2.34. The van der Waals surface area contributed by atoms with E-state index >= 15 is 0 Å². The van der Waals surface area contributed by atoms with Crippen molar-refractivity contribution in [3.8, 4) is 0 Å². The summed E-state index contributed by atoms with van der Waals surface area (Å²) in [4.78, 5) is 10.8. The second-order valence-electron chi connectivity index (χ2n) is 6.30. The van der Waals surface area contributed by atoms with Crippen LogP contribution in [0.25, 0.3) is 0 Å². The number of hydrogen-bond acceptors (Lipinski definition) is 6. The highest BCUT2D eigenvalue weighted by molar-refractivity contribution is 7.90. The van der Waals surface area contributed by atoms with E-state index in [1.165, 1.54) is 12.1 Å². The Labute approximate surface area is 145 Å². The van der Waals surface area contributed by atoms with Gasteiger partial charge in [-0.3, -0.25) is 14.8 Å². The predicted molar refractivity (Wildman–Crippen MR) is 93.3 cm³/mol. The fraction of sp³-hybridized carbons (Fsp3) is 0.438. The highest BCUT2D eigenvalue weighted by Crippen LogP contribution is 2.34. The first-order valence-electron chi connectivity index (χ1n) is 8.10. The van der Waals surface area contributed by atoms with Gasteiger partial charge in [0.15, 0.2) is 9.84 Å². The van der Waals surface area contributed by atoms with Crippen LogP contribution in [-0.4, -0.2) is 35.4 Å². The van der Waals surface area contributed by atoms with Crippen LogP contribution in [-0.2, 0) is 9.84 Å². The summed E-state index contributed by atoms with van der Waals surface area (Å²) >= 11 is 0. The second kappa shape index (κ2) is 6.83. The Morgan fingerprint density at radius 2 is 2.08 bits per heavy atom. The Hall–Kier alpha value is -2.42. The van der Waals surface area contributed by atoms with Crippen molar-refractivity contribution in [3.63, 3.8) is 0 Å². The van der Waals surface area contributed by atoms with Crippen LogP contribution < -0.4 is 5.32 Å². The van der Waals surface area contributed by atoms with E-state index in [4.69, 9.17) is 0 Å². The Kier molecular flexibility index (Phi) is 4.76. The van der Waals surface area contributed by atoms with Crippen LogP contribution in [0, 0.1) is 10.1 Å². The number of nitrogens with zero attached hydrogens (tertiary/aromatic N) is 3. The van der Waals surface area contributed by atoms with Crippen LogP contribution in [0.1, 0.15) is 31.7 Å². The molecule has 0 saturated heterocycles. The van der Waals surface area contributed by atoms with E-state index in [9.17, 15) is 18.5 Å². The van der Waals surface area contributed by atoms with Crippen molar-refractivity contribution in [2.24, 2.45) is 0 Å². The van der Waals surface area contributed by atoms with E-state index in [0.29, 0.717) is 5.69 Å². The fourth-order valence-electron chi connectivity index (χ4n) is 3.29. The number of benzene rings is 1. The normalized spacial score (nSPS) is 21.0. The van der Waals surface area contributed by atoms with Crippen LogP contribution in [0.2, 0.25) is 0 Å². The van der Waals surface area contributed by atoms with E-state index in [2.05, 4.69) is 10.4 Å². The Balaban J connectivity index is 1.92. The first kappa shape index (κ1) is 17.4. The first-order valence-corrected chi connectivity index (χ1v) is 9.99. The van der Waals surface area contributed by atoms with Gasteiger partial charge in [-0.15, -0.1) is 0 Å². The van der Waals surface area contributed by atoms with E-state index in [1.54, 1.807) is 6.20 Å². The van der Waals surface area contributed by atoms with Crippen molar-refractivity contribution in [3.05, 3.63) is 46.8 Å². The number of hydrogen-bond donors (Lipinski definition) is 1. The first-order chi connectivity index (χ1) is 11.9. The summed E-state index contributed by atoms with van der Waals surface area (Å²) in [5, 5.41) is 19.0. The fourth-order valence-corrected chi connectivity index (χ4v) is 3.93. The van der Waals surface area contributed by atoms with E-state index < -0.39 is 14.8 Å². The number of nitro benzene ring substituents is 1. The summed E-state index contributed by atoms with van der Waals surface area (Å²) in [6.45, 7) is 0. The van der Waals surface area contributed by atoms with Crippen LogP contribution in [0.4, 0.5) is 11.4 Å². The number of aromatic nitrogens is 2. The third-order valence-corrected chi connectivity index (χ3v) is 5.64. The molecule has 0 unspecified atom stereocenters. The minimum absolute atomic E-state index is 0.00330. The van der Waals surface area contributed by atoms with Gasteiger partial charge in [0, 0.05) is 30.8 Å². The van der Waals surface area contributed by atoms with Crippen molar-refractivity contribution in [1.29, 1.82) is 0 Å². The molecular weight excluding hydrogens is 344 g/mol. The average Bonchev–Trinajstić information content (AvgIpc) is 3.09. The third-order valence-electron chi connectivity index (χ3n) is 4.53. The predicted octanol–water partition coefficient (Wildman–Crippen LogP) is 2.79. The Morgan fingerprint density at radius 1 is 1.32 bits per heavy atom. The van der Waals surface area contributed by atoms with Crippen LogP contribution in [0.15, 0.2) is 41.6 Å². The smallest absolute Gasteiger partial charge is 0.293 e. The number of sulfone groups is 1. The van der Waals surface area contributed by atoms with Crippen molar-refractivity contribution in [2.45, 2.75) is 42.7 Å². The molecule has 0 bridgehead atoms. The van der Waals surface area contributed by atoms with E-state index in [0.717, 1.165) is 38.0 Å². The van der Waals surface area contributed by atoms with Crippen molar-refractivity contribution < 1.29 is 13.3 Å². The SMILES string of the molecule is CS(=O)(=O)c1ccc(N[C@H]2CCCC[C@H]2n2cccn2)c([N+](=O)[O-])c1. The molecule has 0 spiro atoms. The quantitative estimate of drug-likeness (QED) is 0.646. The highest BCUT2D eigenvalue weighted by atomic mass is 32.2. The van der Waals surface area contributed by atoms with Gasteiger partial charge < -0.3 is 5.32 Å². The lowest BCUT2D eigenvalue weighted by molar-refractivity contribution is -0.384. The molecule has 1 fully saturated rings. The summed E-state index contributed by atoms with van der Waals surface area (Å²) in [6, 6.07) is 5.95. The van der Waals surface area contributed by atoms with Gasteiger partial charge in [-0.25, -0.2) is 8.42 Å². The van der Waals surface area contributed by atoms with E-state index in [1.807, 2.05) is 16.9 Å². The number of nitro groups is 1. The monoisotopic (exact) mass is 364 g/mol. The standard InChI is InChI=1S/C16H20N4O4S/c1-25(23,24)12-7-8-14(16(11-12)20(21)22)18-13-5-2-3-6-15(13)19-10-4-9-17-19/h4,7-11,13,15,18H,2-3,5-6H2,1H3/t13-,15+/m0/s1. The molecular formula is C16H20N4O4S. The van der Waals surface area contributed by atoms with Crippen molar-refractivity contribution in [2.75, 3.05) is 11.6 Å². The van der Waals surface area contributed by atoms with Gasteiger partial charge in [-0.2, -0.15) is 5.10 Å². The molecule has 1 aromatic heterocycles. The largest absolute Gasteiger partial charge is 0.375 e. The van der Waals surface area contributed by atoms with Gasteiger partial charge in [0.05, 0.1) is 15.9 Å². The van der Waals surface area contributed by atoms with Gasteiger partial charge in [0.2, 0.25) is 0 Å². The molecule has 1 saturated carbocycles. The Morgan fingerprint density at radius 3 is 2.72 bits per heavy atom. The minimum atomic E-state index is -3.50. The van der Waals surface area contributed by atoms with Gasteiger partial charge in [-0.1, -0.05) is 12.8 Å². The van der Waals surface area contributed by atoms with Crippen LogP contribution in [0.3, 0.4) is 0 Å². The molecule has 1 heterocycles. The molecule has 0 radical (unpaired) electrons. The zero-order chi connectivity index (χ0) is 18.0. The maximum Gasteiger partial charge on any atom is 0.293 e. The van der Waals surface area contributed by atoms with Gasteiger partial charge in [0.25, 0.3) is 5.69 Å². The highest BCUT2D eigenvalue weighted by Gasteiger charge is 2.29. The lowest BCUT2D eigenvalue weighted by Gasteiger charge is -2.33. The summed E-state index contributed by atoms with van der Waals surface area (Å²) in [5.41, 5.74) is 0.106. The summed E-state index contributed by atoms with van der Waals surface area (Å²) in [5.74, 6) is 0. The molecule has 1 aliphatic rings. The number of nitrogens with one attached hydrogen (secondary N) is 1. The van der Waals surface area contributed by atoms with E-state index in [-0.39, 0.29) is 22.7 Å². The molecule has 2 atom stereocenters. The van der Waals surface area contributed by atoms with Crippen LogP contribution >= 0.6 is 0 Å². The molecule has 1 aliphatic carbocycles. The zero-order valence-electron chi connectivity index (χ0n) is 13.8. The van der Waals surface area contributed by atoms with Gasteiger partial charge in [-0.05, 0) is 31.0 Å². The third kappa shape index (κ3) is 3.81. The lowest BCUT2D eigenvalue weighted by atomic mass is 9.90. The molecule has 0 aliphatic heterocycles. The summed E-state index contributed by atoms with van der Waals surface area (Å²) in [6.07, 6.45) is 8.57. The molecule has 1 N–H and O–H groups in total. The molecule has 1 aromatic carbocycles. The maximum atomic E-state index is 11.7. The van der Waals surface area contributed by atoms with Gasteiger partial charge >= 0.3 is 0 Å². The Bertz CT molecular complexity index is 864. The molecule has 3 rings (SSSR count).